The van der Waals surface area contributed by atoms with Gasteiger partial charge in [0.2, 0.25) is 0 Å². The van der Waals surface area contributed by atoms with Crippen molar-refractivity contribution in [2.75, 3.05) is 19.7 Å². The van der Waals surface area contributed by atoms with Gasteiger partial charge in [-0.3, -0.25) is 4.79 Å². The largest absolute Gasteiger partial charge is 0.494 e. The van der Waals surface area contributed by atoms with Crippen LogP contribution in [0.2, 0.25) is 0 Å². The third-order valence-corrected chi connectivity index (χ3v) is 4.60. The Morgan fingerprint density at radius 2 is 2.21 bits per heavy atom. The maximum absolute atomic E-state index is 12.2. The predicted octanol–water partition coefficient (Wildman–Crippen LogP) is 3.11. The summed E-state index contributed by atoms with van der Waals surface area (Å²) in [4.78, 5) is 16.7. The smallest absolute Gasteiger partial charge is 0.271 e. The van der Waals surface area contributed by atoms with Gasteiger partial charge in [0.1, 0.15) is 16.5 Å². The number of halogens is 1. The average molecular weight is 368 g/mol. The van der Waals surface area contributed by atoms with Crippen LogP contribution in [0.25, 0.3) is 10.6 Å². The van der Waals surface area contributed by atoms with Gasteiger partial charge in [0.25, 0.3) is 5.91 Å². The molecule has 0 saturated carbocycles. The minimum atomic E-state index is -0.0934. The van der Waals surface area contributed by atoms with Gasteiger partial charge in [-0.2, -0.15) is 0 Å². The second kappa shape index (κ2) is 9.01. The molecule has 1 atom stereocenters. The van der Waals surface area contributed by atoms with Crippen LogP contribution in [0.15, 0.2) is 29.6 Å². The van der Waals surface area contributed by atoms with Crippen LogP contribution in [-0.2, 0) is 0 Å². The van der Waals surface area contributed by atoms with Crippen LogP contribution in [0.3, 0.4) is 0 Å². The van der Waals surface area contributed by atoms with Crippen LogP contribution in [0.5, 0.6) is 5.75 Å². The zero-order valence-corrected chi connectivity index (χ0v) is 15.2. The molecule has 2 aromatic rings. The summed E-state index contributed by atoms with van der Waals surface area (Å²) < 4.78 is 5.58. The van der Waals surface area contributed by atoms with Gasteiger partial charge in [-0.25, -0.2) is 4.98 Å². The van der Waals surface area contributed by atoms with Crippen molar-refractivity contribution in [3.05, 3.63) is 35.3 Å². The zero-order valence-electron chi connectivity index (χ0n) is 13.6. The molecular formula is C17H22ClN3O2S. The lowest BCUT2D eigenvalue weighted by Crippen LogP contribution is -2.36. The highest BCUT2D eigenvalue weighted by atomic mass is 35.5. The summed E-state index contributed by atoms with van der Waals surface area (Å²) in [7, 11) is 0. The molecule has 5 nitrogen and oxygen atoms in total. The molecule has 1 saturated heterocycles. The van der Waals surface area contributed by atoms with Crippen LogP contribution >= 0.6 is 23.7 Å². The lowest BCUT2D eigenvalue weighted by molar-refractivity contribution is 0.0936. The summed E-state index contributed by atoms with van der Waals surface area (Å²) in [6.07, 6.45) is 1.96. The van der Waals surface area contributed by atoms with Gasteiger partial charge in [0.15, 0.2) is 0 Å². The Kier molecular flexibility index (Phi) is 7.02. The van der Waals surface area contributed by atoms with Gasteiger partial charge in [-0.1, -0.05) is 6.92 Å². The van der Waals surface area contributed by atoms with Crippen molar-refractivity contribution in [2.45, 2.75) is 25.8 Å². The Balaban J connectivity index is 0.00000208. The second-order valence-electron chi connectivity index (χ2n) is 5.57. The Labute approximate surface area is 152 Å². The second-order valence-corrected chi connectivity index (χ2v) is 6.43. The molecule has 0 aliphatic carbocycles. The quantitative estimate of drug-likeness (QED) is 0.823. The molecule has 0 bridgehead atoms. The van der Waals surface area contributed by atoms with Crippen molar-refractivity contribution in [2.24, 2.45) is 0 Å². The van der Waals surface area contributed by atoms with E-state index in [1.54, 1.807) is 0 Å². The van der Waals surface area contributed by atoms with Crippen molar-refractivity contribution in [3.63, 3.8) is 0 Å². The summed E-state index contributed by atoms with van der Waals surface area (Å²) >= 11 is 1.48. The minimum absolute atomic E-state index is 0. The number of nitrogens with one attached hydrogen (secondary N) is 2. The van der Waals surface area contributed by atoms with Crippen LogP contribution in [0, 0.1) is 0 Å². The molecule has 1 aromatic carbocycles. The highest BCUT2D eigenvalue weighted by molar-refractivity contribution is 7.13. The molecule has 1 aliphatic rings. The molecule has 0 radical (unpaired) electrons. The first-order chi connectivity index (χ1) is 11.3. The first kappa shape index (κ1) is 18.7. The molecule has 2 N–H and O–H groups in total. The number of amides is 1. The van der Waals surface area contributed by atoms with Gasteiger partial charge in [-0.05, 0) is 43.7 Å². The number of rotatable bonds is 6. The molecule has 7 heteroatoms. The first-order valence-electron chi connectivity index (χ1n) is 7.96. The fourth-order valence-electron chi connectivity index (χ4n) is 2.46. The minimum Gasteiger partial charge on any atom is -0.494 e. The van der Waals surface area contributed by atoms with Crippen molar-refractivity contribution in [1.29, 1.82) is 0 Å². The van der Waals surface area contributed by atoms with Gasteiger partial charge in [0, 0.05) is 23.5 Å². The lowest BCUT2D eigenvalue weighted by Gasteiger charge is -2.09. The van der Waals surface area contributed by atoms with E-state index < -0.39 is 0 Å². The number of aromatic nitrogens is 1. The van der Waals surface area contributed by atoms with E-state index in [9.17, 15) is 4.79 Å². The van der Waals surface area contributed by atoms with Crippen LogP contribution < -0.4 is 15.4 Å². The fourth-order valence-corrected chi connectivity index (χ4v) is 3.27. The van der Waals surface area contributed by atoms with E-state index in [1.165, 1.54) is 11.3 Å². The van der Waals surface area contributed by atoms with E-state index in [2.05, 4.69) is 22.5 Å². The normalized spacial score (nSPS) is 16.5. The Bertz CT molecular complexity index is 654. The number of ether oxygens (including phenoxy) is 1. The number of carbonyl (C=O) groups is 1. The lowest BCUT2D eigenvalue weighted by atomic mass is 10.2. The molecular weight excluding hydrogens is 346 g/mol. The van der Waals surface area contributed by atoms with Crippen LogP contribution in [0.4, 0.5) is 0 Å². The highest BCUT2D eigenvalue weighted by Gasteiger charge is 2.19. The molecule has 3 rings (SSSR count). The predicted molar refractivity (Wildman–Crippen MR) is 99.3 cm³/mol. The third-order valence-electron chi connectivity index (χ3n) is 3.71. The standard InChI is InChI=1S/C17H21N3O2S.ClH/c1-2-9-22-14-5-3-12(4-6-14)17-20-15(11-23-17)16(21)19-13-7-8-18-10-13;/h3-6,11,13,18H,2,7-10H2,1H3,(H,19,21);1H. The SMILES string of the molecule is CCCOc1ccc(-c2nc(C(=O)NC3CCNC3)cs2)cc1.Cl. The fraction of sp³-hybridized carbons (Fsp3) is 0.412. The first-order valence-corrected chi connectivity index (χ1v) is 8.84. The van der Waals surface area contributed by atoms with Gasteiger partial charge in [0.05, 0.1) is 6.61 Å². The highest BCUT2D eigenvalue weighted by Crippen LogP contribution is 2.26. The number of thiazole rings is 1. The van der Waals surface area contributed by atoms with Crippen molar-refractivity contribution in [1.82, 2.24) is 15.6 Å². The van der Waals surface area contributed by atoms with Gasteiger partial charge < -0.3 is 15.4 Å². The number of hydrogen-bond acceptors (Lipinski definition) is 5. The Hall–Kier alpha value is -1.63. The Morgan fingerprint density at radius 1 is 1.42 bits per heavy atom. The molecule has 1 amide bonds. The zero-order chi connectivity index (χ0) is 16.1. The number of carbonyl (C=O) groups excluding carboxylic acids is 1. The van der Waals surface area contributed by atoms with Gasteiger partial charge in [-0.15, -0.1) is 23.7 Å². The van der Waals surface area contributed by atoms with Crippen LogP contribution in [0.1, 0.15) is 30.3 Å². The molecule has 130 valence electrons. The van der Waals surface area contributed by atoms with E-state index in [0.29, 0.717) is 5.69 Å². The van der Waals surface area contributed by atoms with Crippen molar-refractivity contribution >= 4 is 29.7 Å². The van der Waals surface area contributed by atoms with Crippen molar-refractivity contribution in [3.8, 4) is 16.3 Å². The number of hydrogen-bond donors (Lipinski definition) is 2. The molecule has 1 aromatic heterocycles. The summed E-state index contributed by atoms with van der Waals surface area (Å²) in [5.41, 5.74) is 1.49. The van der Waals surface area contributed by atoms with E-state index in [1.807, 2.05) is 29.6 Å². The maximum Gasteiger partial charge on any atom is 0.271 e. The van der Waals surface area contributed by atoms with Crippen LogP contribution in [-0.4, -0.2) is 36.6 Å². The van der Waals surface area contributed by atoms with E-state index >= 15 is 0 Å². The molecule has 1 unspecified atom stereocenters. The number of nitrogens with zero attached hydrogens (tertiary/aromatic N) is 1. The van der Waals surface area contributed by atoms with Crippen molar-refractivity contribution < 1.29 is 9.53 Å². The molecule has 1 fully saturated rings. The third kappa shape index (κ3) is 4.69. The summed E-state index contributed by atoms with van der Waals surface area (Å²) in [5.74, 6) is 0.767. The monoisotopic (exact) mass is 367 g/mol. The summed E-state index contributed by atoms with van der Waals surface area (Å²) in [6.45, 7) is 4.59. The number of benzene rings is 1. The Morgan fingerprint density at radius 3 is 2.88 bits per heavy atom. The van der Waals surface area contributed by atoms with Gasteiger partial charge >= 0.3 is 0 Å². The van der Waals surface area contributed by atoms with E-state index in [-0.39, 0.29) is 24.4 Å². The maximum atomic E-state index is 12.2. The summed E-state index contributed by atoms with van der Waals surface area (Å²) in [5, 5.41) is 8.91. The molecule has 2 heterocycles. The molecule has 1 aliphatic heterocycles. The average Bonchev–Trinajstić information content (AvgIpc) is 3.25. The van der Waals surface area contributed by atoms with E-state index in [0.717, 1.165) is 48.9 Å². The topological polar surface area (TPSA) is 63.2 Å². The summed E-state index contributed by atoms with van der Waals surface area (Å²) in [6, 6.07) is 8.05. The molecule has 24 heavy (non-hydrogen) atoms. The molecule has 0 spiro atoms. The van der Waals surface area contributed by atoms with E-state index in [4.69, 9.17) is 4.74 Å².